The van der Waals surface area contributed by atoms with Crippen LogP contribution < -0.4 is 10.1 Å². The molecule has 0 saturated heterocycles. The van der Waals surface area contributed by atoms with E-state index in [-0.39, 0.29) is 5.91 Å². The summed E-state index contributed by atoms with van der Waals surface area (Å²) in [6.07, 6.45) is -0.573. The van der Waals surface area contributed by atoms with Crippen molar-refractivity contribution in [2.45, 2.75) is 25.7 Å². The van der Waals surface area contributed by atoms with Gasteiger partial charge in [-0.3, -0.25) is 4.79 Å². The maximum absolute atomic E-state index is 12.1. The first-order valence-electron chi connectivity index (χ1n) is 8.09. The number of hydrogen-bond donors (Lipinski definition) is 1. The standard InChI is InChI=1S/C19H20Cl3NO2S/c1-12-9-15(4-6-16(12)20)25-13(2)19(24)23-7-8-26-11-14-3-5-17(21)18(22)10-14/h3-6,9-10,13H,7-8,11H2,1-2H3,(H,23,24). The molecule has 1 unspecified atom stereocenters. The van der Waals surface area contributed by atoms with Gasteiger partial charge in [0.25, 0.3) is 5.91 Å². The van der Waals surface area contributed by atoms with Gasteiger partial charge in [-0.1, -0.05) is 40.9 Å². The third-order valence-corrected chi connectivity index (χ3v) is 5.80. The highest BCUT2D eigenvalue weighted by Crippen LogP contribution is 2.24. The number of nitrogens with one attached hydrogen (secondary N) is 1. The molecule has 1 amide bonds. The quantitative estimate of drug-likeness (QED) is 0.538. The Morgan fingerprint density at radius 1 is 1.12 bits per heavy atom. The number of aryl methyl sites for hydroxylation is 1. The predicted molar refractivity (Wildman–Crippen MR) is 112 cm³/mol. The van der Waals surface area contributed by atoms with Crippen LogP contribution in [0.3, 0.4) is 0 Å². The van der Waals surface area contributed by atoms with Crippen LogP contribution >= 0.6 is 46.6 Å². The van der Waals surface area contributed by atoms with E-state index in [1.165, 1.54) is 0 Å². The normalized spacial score (nSPS) is 11.9. The molecule has 2 rings (SSSR count). The number of rotatable bonds is 8. The van der Waals surface area contributed by atoms with Crippen molar-refractivity contribution in [3.8, 4) is 5.75 Å². The zero-order chi connectivity index (χ0) is 19.1. The summed E-state index contributed by atoms with van der Waals surface area (Å²) in [5.74, 6) is 2.08. The summed E-state index contributed by atoms with van der Waals surface area (Å²) in [5, 5.41) is 4.66. The third-order valence-electron chi connectivity index (χ3n) is 3.61. The average Bonchev–Trinajstić information content (AvgIpc) is 2.60. The first kappa shape index (κ1) is 21.2. The number of amides is 1. The highest BCUT2D eigenvalue weighted by molar-refractivity contribution is 7.98. The van der Waals surface area contributed by atoms with Gasteiger partial charge in [0.1, 0.15) is 5.75 Å². The molecular weight excluding hydrogens is 413 g/mol. The monoisotopic (exact) mass is 431 g/mol. The van der Waals surface area contributed by atoms with Crippen molar-refractivity contribution in [2.75, 3.05) is 12.3 Å². The van der Waals surface area contributed by atoms with Gasteiger partial charge in [-0.15, -0.1) is 0 Å². The molecule has 1 atom stereocenters. The lowest BCUT2D eigenvalue weighted by atomic mass is 10.2. The van der Waals surface area contributed by atoms with Crippen molar-refractivity contribution in [3.05, 3.63) is 62.6 Å². The largest absolute Gasteiger partial charge is 0.481 e. The van der Waals surface area contributed by atoms with Gasteiger partial charge >= 0.3 is 0 Å². The van der Waals surface area contributed by atoms with Crippen molar-refractivity contribution in [3.63, 3.8) is 0 Å². The van der Waals surface area contributed by atoms with Crippen molar-refractivity contribution in [1.82, 2.24) is 5.32 Å². The Morgan fingerprint density at radius 3 is 2.54 bits per heavy atom. The third kappa shape index (κ3) is 6.58. The molecule has 0 spiro atoms. The minimum Gasteiger partial charge on any atom is -0.481 e. The number of ether oxygens (including phenoxy) is 1. The molecule has 2 aromatic carbocycles. The van der Waals surface area contributed by atoms with Crippen LogP contribution in [0.25, 0.3) is 0 Å². The molecule has 2 aromatic rings. The summed E-state index contributed by atoms with van der Waals surface area (Å²) < 4.78 is 5.66. The second-order valence-electron chi connectivity index (χ2n) is 5.76. The number of benzene rings is 2. The Hall–Kier alpha value is -1.07. The fourth-order valence-corrected chi connectivity index (χ4v) is 3.40. The van der Waals surface area contributed by atoms with Gasteiger partial charge in [0.15, 0.2) is 6.10 Å². The molecule has 0 fully saturated rings. The lowest BCUT2D eigenvalue weighted by Gasteiger charge is -2.15. The first-order chi connectivity index (χ1) is 12.4. The highest BCUT2D eigenvalue weighted by atomic mass is 35.5. The summed E-state index contributed by atoms with van der Waals surface area (Å²) in [6.45, 7) is 4.19. The van der Waals surface area contributed by atoms with Crippen molar-refractivity contribution in [1.29, 1.82) is 0 Å². The van der Waals surface area contributed by atoms with Crippen molar-refractivity contribution >= 4 is 52.5 Å². The second kappa shape index (κ2) is 10.3. The molecule has 0 radical (unpaired) electrons. The lowest BCUT2D eigenvalue weighted by molar-refractivity contribution is -0.127. The molecule has 0 heterocycles. The summed E-state index contributed by atoms with van der Waals surface area (Å²) in [4.78, 5) is 12.1. The Morgan fingerprint density at radius 2 is 1.85 bits per heavy atom. The van der Waals surface area contributed by atoms with Crippen LogP contribution in [-0.4, -0.2) is 24.3 Å². The molecule has 7 heteroatoms. The van der Waals surface area contributed by atoms with Gasteiger partial charge in [0, 0.05) is 23.1 Å². The molecule has 1 N–H and O–H groups in total. The van der Waals surface area contributed by atoms with E-state index in [2.05, 4.69) is 5.32 Å². The predicted octanol–water partition coefficient (Wildman–Crippen LogP) is 5.77. The van der Waals surface area contributed by atoms with Crippen molar-refractivity contribution < 1.29 is 9.53 Å². The van der Waals surface area contributed by atoms with E-state index >= 15 is 0 Å². The minimum atomic E-state index is -0.573. The lowest BCUT2D eigenvalue weighted by Crippen LogP contribution is -2.37. The van der Waals surface area contributed by atoms with E-state index in [0.29, 0.717) is 27.4 Å². The average molecular weight is 433 g/mol. The fourth-order valence-electron chi connectivity index (χ4n) is 2.16. The van der Waals surface area contributed by atoms with Crippen molar-refractivity contribution in [2.24, 2.45) is 0 Å². The molecule has 0 aliphatic rings. The van der Waals surface area contributed by atoms with Gasteiger partial charge in [-0.2, -0.15) is 11.8 Å². The Bertz CT molecular complexity index is 770. The topological polar surface area (TPSA) is 38.3 Å². The van der Waals surface area contributed by atoms with Crippen LogP contribution in [0.2, 0.25) is 15.1 Å². The molecule has 140 valence electrons. The SMILES string of the molecule is Cc1cc(OC(C)C(=O)NCCSCc2ccc(Cl)c(Cl)c2)ccc1Cl. The molecule has 0 aromatic heterocycles. The van der Waals surface area contributed by atoms with Gasteiger partial charge in [-0.25, -0.2) is 0 Å². The maximum atomic E-state index is 12.1. The van der Waals surface area contributed by atoms with Crippen LogP contribution in [0.1, 0.15) is 18.1 Å². The number of carbonyl (C=O) groups excluding carboxylic acids is 1. The van der Waals surface area contributed by atoms with E-state index in [4.69, 9.17) is 39.5 Å². The van der Waals surface area contributed by atoms with Gasteiger partial charge < -0.3 is 10.1 Å². The smallest absolute Gasteiger partial charge is 0.260 e. The minimum absolute atomic E-state index is 0.146. The molecule has 0 aliphatic heterocycles. The van der Waals surface area contributed by atoms with Crippen LogP contribution in [-0.2, 0) is 10.5 Å². The number of carbonyl (C=O) groups is 1. The summed E-state index contributed by atoms with van der Waals surface area (Å²) in [7, 11) is 0. The van der Waals surface area contributed by atoms with Gasteiger partial charge in [0.05, 0.1) is 10.0 Å². The molecular formula is C19H20Cl3NO2S. The Balaban J connectivity index is 1.69. The number of thioether (sulfide) groups is 1. The van der Waals surface area contributed by atoms with E-state index < -0.39 is 6.10 Å². The van der Waals surface area contributed by atoms with Crippen LogP contribution in [0.4, 0.5) is 0 Å². The molecule has 26 heavy (non-hydrogen) atoms. The molecule has 0 saturated carbocycles. The van der Waals surface area contributed by atoms with Crippen LogP contribution in [0.15, 0.2) is 36.4 Å². The Labute approximate surface area is 173 Å². The van der Waals surface area contributed by atoms with Gasteiger partial charge in [-0.05, 0) is 55.3 Å². The van der Waals surface area contributed by atoms with Gasteiger partial charge in [0.2, 0.25) is 0 Å². The zero-order valence-corrected chi connectivity index (χ0v) is 17.6. The highest BCUT2D eigenvalue weighted by Gasteiger charge is 2.14. The first-order valence-corrected chi connectivity index (χ1v) is 10.4. The fraction of sp³-hybridized carbons (Fsp3) is 0.316. The second-order valence-corrected chi connectivity index (χ2v) is 8.09. The molecule has 3 nitrogen and oxygen atoms in total. The number of halogens is 3. The molecule has 0 bridgehead atoms. The Kier molecular flexibility index (Phi) is 8.42. The van der Waals surface area contributed by atoms with E-state index in [1.54, 1.807) is 36.9 Å². The summed E-state index contributed by atoms with van der Waals surface area (Å²) >= 11 is 19.6. The number of hydrogen-bond acceptors (Lipinski definition) is 3. The van der Waals surface area contributed by atoms with E-state index in [0.717, 1.165) is 22.6 Å². The zero-order valence-electron chi connectivity index (χ0n) is 14.5. The van der Waals surface area contributed by atoms with E-state index in [1.807, 2.05) is 25.1 Å². The molecule has 0 aliphatic carbocycles. The van der Waals surface area contributed by atoms with Crippen LogP contribution in [0.5, 0.6) is 5.75 Å². The van der Waals surface area contributed by atoms with E-state index in [9.17, 15) is 4.79 Å². The summed E-state index contributed by atoms with van der Waals surface area (Å²) in [6, 6.07) is 10.9. The summed E-state index contributed by atoms with van der Waals surface area (Å²) in [5.41, 5.74) is 2.01. The maximum Gasteiger partial charge on any atom is 0.260 e. The van der Waals surface area contributed by atoms with Crippen LogP contribution in [0, 0.1) is 6.92 Å².